The van der Waals surface area contributed by atoms with Gasteiger partial charge in [-0.25, -0.2) is 13.1 Å². The fourth-order valence-corrected chi connectivity index (χ4v) is 3.58. The lowest BCUT2D eigenvalue weighted by molar-refractivity contribution is 0.0762. The molecule has 0 fully saturated rings. The van der Waals surface area contributed by atoms with Gasteiger partial charge in [-0.1, -0.05) is 0 Å². The first kappa shape index (κ1) is 18.2. The van der Waals surface area contributed by atoms with E-state index in [1.165, 1.54) is 0 Å². The van der Waals surface area contributed by atoms with Crippen LogP contribution >= 0.6 is 0 Å². The van der Waals surface area contributed by atoms with Gasteiger partial charge in [-0.15, -0.1) is 0 Å². The Kier molecular flexibility index (Phi) is 6.86. The number of unbranched alkanes of at least 4 members (excludes halogenated alkanes) is 1. The first-order valence-electron chi connectivity index (χ1n) is 7.10. The normalized spacial score (nSPS) is 12.3. The van der Waals surface area contributed by atoms with Gasteiger partial charge in [-0.2, -0.15) is 0 Å². The minimum atomic E-state index is -3.66. The van der Waals surface area contributed by atoms with Crippen molar-refractivity contribution in [2.45, 2.75) is 58.1 Å². The summed E-state index contributed by atoms with van der Waals surface area (Å²) in [4.78, 5) is 0.0564. The minimum absolute atomic E-state index is 0.0564. The van der Waals surface area contributed by atoms with E-state index in [2.05, 4.69) is 4.72 Å². The van der Waals surface area contributed by atoms with Crippen LogP contribution in [0.1, 0.15) is 43.8 Å². The molecule has 0 aliphatic heterocycles. The summed E-state index contributed by atoms with van der Waals surface area (Å²) in [7, 11) is -3.66. The van der Waals surface area contributed by atoms with Crippen LogP contribution in [0.5, 0.6) is 0 Å². The second kappa shape index (κ2) is 7.93. The van der Waals surface area contributed by atoms with E-state index >= 15 is 0 Å². The quantitative estimate of drug-likeness (QED) is 0.678. The maximum absolute atomic E-state index is 12.3. The third kappa shape index (κ3) is 5.10. The molecular weight excluding hydrogens is 294 g/mol. The van der Waals surface area contributed by atoms with Gasteiger partial charge in [0.25, 0.3) is 0 Å². The molecule has 21 heavy (non-hydrogen) atoms. The maximum Gasteiger partial charge on any atom is 0.244 e. The van der Waals surface area contributed by atoms with Crippen LogP contribution in [0, 0.1) is 13.8 Å². The smallest absolute Gasteiger partial charge is 0.244 e. The van der Waals surface area contributed by atoms with Gasteiger partial charge in [0, 0.05) is 18.7 Å². The highest BCUT2D eigenvalue weighted by Crippen LogP contribution is 2.26. The molecule has 1 rings (SSSR count). The zero-order valence-electron chi connectivity index (χ0n) is 13.1. The number of rotatable bonds is 9. The fourth-order valence-electron chi connectivity index (χ4n) is 2.07. The zero-order chi connectivity index (χ0) is 16.0. The molecule has 2 N–H and O–H groups in total. The van der Waals surface area contributed by atoms with Crippen molar-refractivity contribution in [2.75, 3.05) is 13.2 Å². The summed E-state index contributed by atoms with van der Waals surface area (Å²) in [6, 6.07) is 0. The van der Waals surface area contributed by atoms with E-state index in [1.807, 2.05) is 13.8 Å². The van der Waals surface area contributed by atoms with Crippen LogP contribution in [0.3, 0.4) is 0 Å². The van der Waals surface area contributed by atoms with Gasteiger partial charge in [0.1, 0.15) is 16.4 Å². The minimum Gasteiger partial charge on any atom is -0.465 e. The molecule has 0 saturated carbocycles. The van der Waals surface area contributed by atoms with E-state index in [-0.39, 0.29) is 17.6 Å². The van der Waals surface area contributed by atoms with Crippen molar-refractivity contribution in [3.8, 4) is 0 Å². The lowest BCUT2D eigenvalue weighted by Gasteiger charge is -2.09. The zero-order valence-corrected chi connectivity index (χ0v) is 13.9. The number of hydrogen-bond donors (Lipinski definition) is 2. The lowest BCUT2D eigenvalue weighted by Crippen LogP contribution is -2.26. The number of furan rings is 1. The SMILES string of the molecule is Cc1oc(C)c(S(=O)(=O)NCCCCOC(C)C)c1CO. The summed E-state index contributed by atoms with van der Waals surface area (Å²) >= 11 is 0. The molecule has 0 bridgehead atoms. The first-order chi connectivity index (χ1) is 9.79. The fraction of sp³-hybridized carbons (Fsp3) is 0.714. The largest absolute Gasteiger partial charge is 0.465 e. The highest BCUT2D eigenvalue weighted by atomic mass is 32.2. The average Bonchev–Trinajstić information content (AvgIpc) is 2.68. The van der Waals surface area contributed by atoms with E-state index in [4.69, 9.17) is 9.15 Å². The van der Waals surface area contributed by atoms with Crippen molar-refractivity contribution in [2.24, 2.45) is 0 Å². The Morgan fingerprint density at radius 3 is 2.48 bits per heavy atom. The number of ether oxygens (including phenoxy) is 1. The van der Waals surface area contributed by atoms with Crippen molar-refractivity contribution in [3.63, 3.8) is 0 Å². The second-order valence-corrected chi connectivity index (χ2v) is 6.91. The number of aliphatic hydroxyl groups is 1. The number of aliphatic hydroxyl groups excluding tert-OH is 1. The van der Waals surface area contributed by atoms with Gasteiger partial charge >= 0.3 is 0 Å². The maximum atomic E-state index is 12.3. The van der Waals surface area contributed by atoms with E-state index in [9.17, 15) is 13.5 Å². The molecule has 0 aliphatic rings. The van der Waals surface area contributed by atoms with Crippen LogP contribution in [0.15, 0.2) is 9.31 Å². The Morgan fingerprint density at radius 1 is 1.24 bits per heavy atom. The van der Waals surface area contributed by atoms with Gasteiger partial charge in [0.15, 0.2) is 0 Å². The first-order valence-corrected chi connectivity index (χ1v) is 8.59. The third-order valence-corrected chi connectivity index (χ3v) is 4.72. The number of aryl methyl sites for hydroxylation is 2. The van der Waals surface area contributed by atoms with Crippen molar-refractivity contribution >= 4 is 10.0 Å². The molecule has 0 aromatic carbocycles. The van der Waals surface area contributed by atoms with Crippen molar-refractivity contribution in [3.05, 3.63) is 17.1 Å². The van der Waals surface area contributed by atoms with E-state index in [1.54, 1.807) is 13.8 Å². The predicted octanol–water partition coefficient (Wildman–Crippen LogP) is 1.87. The van der Waals surface area contributed by atoms with Gasteiger partial charge in [0.2, 0.25) is 10.0 Å². The molecule has 0 unspecified atom stereocenters. The van der Waals surface area contributed by atoms with Gasteiger partial charge in [-0.05, 0) is 40.5 Å². The highest BCUT2D eigenvalue weighted by molar-refractivity contribution is 7.89. The molecule has 0 radical (unpaired) electrons. The predicted molar refractivity (Wildman–Crippen MR) is 79.6 cm³/mol. The van der Waals surface area contributed by atoms with Gasteiger partial charge < -0.3 is 14.3 Å². The Hall–Kier alpha value is -0.890. The van der Waals surface area contributed by atoms with Crippen molar-refractivity contribution < 1.29 is 22.7 Å². The Bertz CT molecular complexity index is 548. The topological polar surface area (TPSA) is 88.8 Å². The molecule has 0 aliphatic carbocycles. The standard InChI is InChI=1S/C14H25NO5S/c1-10(2)19-8-6-5-7-15-21(17,18)14-12(4)20-11(3)13(14)9-16/h10,15-16H,5-9H2,1-4H3. The van der Waals surface area contributed by atoms with Crippen LogP contribution in [0.2, 0.25) is 0 Å². The molecule has 0 spiro atoms. The molecule has 0 amide bonds. The summed E-state index contributed by atoms with van der Waals surface area (Å²) in [5, 5.41) is 9.30. The number of sulfonamides is 1. The summed E-state index contributed by atoms with van der Waals surface area (Å²) in [6.07, 6.45) is 1.66. The van der Waals surface area contributed by atoms with E-state index in [0.29, 0.717) is 36.7 Å². The van der Waals surface area contributed by atoms with Crippen molar-refractivity contribution in [1.82, 2.24) is 4.72 Å². The van der Waals surface area contributed by atoms with Crippen LogP contribution in [-0.4, -0.2) is 32.8 Å². The third-order valence-electron chi connectivity index (χ3n) is 3.07. The van der Waals surface area contributed by atoms with Crippen LogP contribution < -0.4 is 4.72 Å². The summed E-state index contributed by atoms with van der Waals surface area (Å²) in [5.74, 6) is 0.730. The average molecular weight is 319 g/mol. The second-order valence-electron chi connectivity index (χ2n) is 5.20. The Labute approximate surface area is 126 Å². The Morgan fingerprint density at radius 2 is 1.90 bits per heavy atom. The van der Waals surface area contributed by atoms with Crippen LogP contribution in [0.4, 0.5) is 0 Å². The van der Waals surface area contributed by atoms with Gasteiger partial charge in [-0.3, -0.25) is 0 Å². The molecule has 0 atom stereocenters. The highest BCUT2D eigenvalue weighted by Gasteiger charge is 2.25. The molecule has 1 heterocycles. The molecule has 1 aromatic heterocycles. The molecule has 1 aromatic rings. The summed E-state index contributed by atoms with van der Waals surface area (Å²) in [6.45, 7) is 7.73. The summed E-state index contributed by atoms with van der Waals surface area (Å²) < 4.78 is 37.8. The number of hydrogen-bond acceptors (Lipinski definition) is 5. The lowest BCUT2D eigenvalue weighted by atomic mass is 10.2. The van der Waals surface area contributed by atoms with Crippen LogP contribution in [0.25, 0.3) is 0 Å². The summed E-state index contributed by atoms with van der Waals surface area (Å²) in [5.41, 5.74) is 0.322. The Balaban J connectivity index is 2.58. The molecule has 0 saturated heterocycles. The van der Waals surface area contributed by atoms with Gasteiger partial charge in [0.05, 0.1) is 12.7 Å². The molecule has 122 valence electrons. The number of nitrogens with one attached hydrogen (secondary N) is 1. The van der Waals surface area contributed by atoms with E-state index in [0.717, 1.165) is 6.42 Å². The monoisotopic (exact) mass is 319 g/mol. The van der Waals surface area contributed by atoms with Crippen molar-refractivity contribution in [1.29, 1.82) is 0 Å². The molecular formula is C14H25NO5S. The molecule has 6 nitrogen and oxygen atoms in total. The van der Waals surface area contributed by atoms with E-state index < -0.39 is 10.0 Å². The molecule has 7 heteroatoms. The van der Waals surface area contributed by atoms with Crippen LogP contribution in [-0.2, 0) is 21.4 Å².